The Morgan fingerprint density at radius 3 is 0.808 bits per heavy atom. The van der Waals surface area contributed by atoms with Gasteiger partial charge in [0.05, 0.1) is 0 Å². The van der Waals surface area contributed by atoms with Gasteiger partial charge in [0.2, 0.25) is 0 Å². The average Bonchev–Trinajstić information content (AvgIpc) is 2.66. The first-order chi connectivity index (χ1) is 12.9. The summed E-state index contributed by atoms with van der Waals surface area (Å²) in [5.74, 6) is 0. The van der Waals surface area contributed by atoms with Crippen molar-refractivity contribution in [2.24, 2.45) is 0 Å². The molecule has 0 rings (SSSR count). The Balaban J connectivity index is 2.95. The van der Waals surface area contributed by atoms with Crippen LogP contribution in [0.5, 0.6) is 0 Å². The van der Waals surface area contributed by atoms with Crippen LogP contribution in [0.25, 0.3) is 0 Å². The minimum Gasteiger partial charge on any atom is -0.317 e. The molecule has 158 valence electrons. The summed E-state index contributed by atoms with van der Waals surface area (Å²) in [6.45, 7) is 9.50. The molecular weight excluding hydrogens is 316 g/mol. The Morgan fingerprint density at radius 2 is 0.538 bits per heavy atom. The standard InChI is InChI=1S/C24H52N2/c1-3-5-7-9-13-17-21-25-23-19-15-11-12-16-20-24-26-22-18-14-10-8-6-4-2/h25-26H,3-24H2,1-2H3. The van der Waals surface area contributed by atoms with E-state index in [0.29, 0.717) is 0 Å². The van der Waals surface area contributed by atoms with Gasteiger partial charge in [0.1, 0.15) is 0 Å². The fourth-order valence-electron chi connectivity index (χ4n) is 3.52. The van der Waals surface area contributed by atoms with E-state index in [4.69, 9.17) is 0 Å². The summed E-state index contributed by atoms with van der Waals surface area (Å²) >= 11 is 0. The first-order valence-electron chi connectivity index (χ1n) is 12.3. The van der Waals surface area contributed by atoms with E-state index in [0.717, 1.165) is 0 Å². The smallest absolute Gasteiger partial charge is 0.00489 e. The molecule has 0 atom stereocenters. The van der Waals surface area contributed by atoms with E-state index < -0.39 is 0 Å². The molecule has 2 heteroatoms. The van der Waals surface area contributed by atoms with Crippen molar-refractivity contribution >= 4 is 0 Å². The molecule has 0 saturated heterocycles. The van der Waals surface area contributed by atoms with Gasteiger partial charge < -0.3 is 10.6 Å². The van der Waals surface area contributed by atoms with E-state index in [-0.39, 0.29) is 0 Å². The summed E-state index contributed by atoms with van der Waals surface area (Å²) in [7, 11) is 0. The monoisotopic (exact) mass is 368 g/mol. The zero-order chi connectivity index (χ0) is 19.0. The molecule has 0 aliphatic heterocycles. The maximum Gasteiger partial charge on any atom is -0.00489 e. The molecule has 0 aliphatic rings. The average molecular weight is 369 g/mol. The van der Waals surface area contributed by atoms with Crippen LogP contribution in [-0.2, 0) is 0 Å². The molecule has 0 spiro atoms. The molecule has 26 heavy (non-hydrogen) atoms. The van der Waals surface area contributed by atoms with Crippen LogP contribution in [-0.4, -0.2) is 26.2 Å². The van der Waals surface area contributed by atoms with Crippen molar-refractivity contribution in [2.45, 2.75) is 129 Å². The number of hydrogen-bond acceptors (Lipinski definition) is 2. The molecule has 2 nitrogen and oxygen atoms in total. The summed E-state index contributed by atoms with van der Waals surface area (Å²) in [5, 5.41) is 7.23. The van der Waals surface area contributed by atoms with Gasteiger partial charge in [0.25, 0.3) is 0 Å². The summed E-state index contributed by atoms with van der Waals surface area (Å²) < 4.78 is 0. The van der Waals surface area contributed by atoms with Gasteiger partial charge in [0, 0.05) is 0 Å². The molecule has 0 saturated carbocycles. The Morgan fingerprint density at radius 1 is 0.308 bits per heavy atom. The Hall–Kier alpha value is -0.0800. The molecule has 0 bridgehead atoms. The molecule has 0 amide bonds. The van der Waals surface area contributed by atoms with E-state index in [2.05, 4.69) is 24.5 Å². The Labute approximate surface area is 166 Å². The highest BCUT2D eigenvalue weighted by atomic mass is 14.8. The lowest BCUT2D eigenvalue weighted by molar-refractivity contribution is 0.528. The number of hydrogen-bond donors (Lipinski definition) is 2. The van der Waals surface area contributed by atoms with Crippen LogP contribution in [0, 0.1) is 0 Å². The quantitative estimate of drug-likeness (QED) is 0.186. The molecule has 0 aromatic rings. The third-order valence-electron chi connectivity index (χ3n) is 5.37. The van der Waals surface area contributed by atoms with E-state index in [1.165, 1.54) is 142 Å². The van der Waals surface area contributed by atoms with E-state index in [1.807, 2.05) is 0 Å². The number of nitrogens with one attached hydrogen (secondary N) is 2. The normalized spacial score (nSPS) is 11.3. The van der Waals surface area contributed by atoms with Crippen molar-refractivity contribution in [3.63, 3.8) is 0 Å². The predicted molar refractivity (Wildman–Crippen MR) is 120 cm³/mol. The zero-order valence-corrected chi connectivity index (χ0v) is 18.6. The SMILES string of the molecule is CCCCCCCCNCCCCCCCCNCCCCCCCC. The minimum absolute atomic E-state index is 1.23. The van der Waals surface area contributed by atoms with Gasteiger partial charge in [0.15, 0.2) is 0 Å². The highest BCUT2D eigenvalue weighted by molar-refractivity contribution is 4.53. The largest absolute Gasteiger partial charge is 0.317 e. The minimum atomic E-state index is 1.23. The lowest BCUT2D eigenvalue weighted by Crippen LogP contribution is -2.17. The maximum atomic E-state index is 3.61. The molecule has 0 unspecified atom stereocenters. The highest BCUT2D eigenvalue weighted by Crippen LogP contribution is 2.06. The molecule has 0 aromatic heterocycles. The second kappa shape index (κ2) is 24.9. The lowest BCUT2D eigenvalue weighted by Gasteiger charge is -2.06. The molecular formula is C24H52N2. The van der Waals surface area contributed by atoms with Gasteiger partial charge in [-0.1, -0.05) is 104 Å². The summed E-state index contributed by atoms with van der Waals surface area (Å²) in [4.78, 5) is 0. The lowest BCUT2D eigenvalue weighted by atomic mass is 10.1. The van der Waals surface area contributed by atoms with Crippen LogP contribution in [0.3, 0.4) is 0 Å². The van der Waals surface area contributed by atoms with Crippen molar-refractivity contribution in [1.82, 2.24) is 10.6 Å². The van der Waals surface area contributed by atoms with Gasteiger partial charge >= 0.3 is 0 Å². The fourth-order valence-corrected chi connectivity index (χ4v) is 3.52. The predicted octanol–water partition coefficient (Wildman–Crippen LogP) is 7.23. The Kier molecular flexibility index (Phi) is 24.8. The van der Waals surface area contributed by atoms with Crippen LogP contribution >= 0.6 is 0 Å². The number of rotatable bonds is 23. The molecule has 2 N–H and O–H groups in total. The van der Waals surface area contributed by atoms with Crippen molar-refractivity contribution in [2.75, 3.05) is 26.2 Å². The molecule has 0 heterocycles. The van der Waals surface area contributed by atoms with Gasteiger partial charge in [-0.25, -0.2) is 0 Å². The first kappa shape index (κ1) is 25.9. The van der Waals surface area contributed by atoms with Crippen LogP contribution in [0.4, 0.5) is 0 Å². The summed E-state index contributed by atoms with van der Waals surface area (Å²) in [6, 6.07) is 0. The zero-order valence-electron chi connectivity index (χ0n) is 18.6. The molecule has 0 radical (unpaired) electrons. The van der Waals surface area contributed by atoms with E-state index >= 15 is 0 Å². The van der Waals surface area contributed by atoms with Gasteiger partial charge in [-0.05, 0) is 51.9 Å². The van der Waals surface area contributed by atoms with Crippen LogP contribution in [0.1, 0.15) is 129 Å². The molecule has 0 aliphatic carbocycles. The van der Waals surface area contributed by atoms with Gasteiger partial charge in [-0.15, -0.1) is 0 Å². The van der Waals surface area contributed by atoms with E-state index in [9.17, 15) is 0 Å². The first-order valence-corrected chi connectivity index (χ1v) is 12.3. The maximum absolute atomic E-state index is 3.61. The Bertz CT molecular complexity index is 206. The van der Waals surface area contributed by atoms with Crippen molar-refractivity contribution < 1.29 is 0 Å². The summed E-state index contributed by atoms with van der Waals surface area (Å²) in [5.41, 5.74) is 0. The molecule has 0 fully saturated rings. The van der Waals surface area contributed by atoms with E-state index in [1.54, 1.807) is 0 Å². The third kappa shape index (κ3) is 23.9. The molecule has 0 aromatic carbocycles. The van der Waals surface area contributed by atoms with Crippen molar-refractivity contribution in [3.05, 3.63) is 0 Å². The van der Waals surface area contributed by atoms with Crippen molar-refractivity contribution in [1.29, 1.82) is 0 Å². The summed E-state index contributed by atoms with van der Waals surface area (Å²) in [6.07, 6.45) is 25.3. The fraction of sp³-hybridized carbons (Fsp3) is 1.00. The van der Waals surface area contributed by atoms with Gasteiger partial charge in [-0.3, -0.25) is 0 Å². The van der Waals surface area contributed by atoms with Crippen molar-refractivity contribution in [3.8, 4) is 0 Å². The topological polar surface area (TPSA) is 24.1 Å². The number of unbranched alkanes of at least 4 members (excludes halogenated alkanes) is 15. The second-order valence-electron chi connectivity index (χ2n) is 8.16. The van der Waals surface area contributed by atoms with Crippen LogP contribution < -0.4 is 10.6 Å². The van der Waals surface area contributed by atoms with Crippen LogP contribution in [0.15, 0.2) is 0 Å². The van der Waals surface area contributed by atoms with Gasteiger partial charge in [-0.2, -0.15) is 0 Å². The second-order valence-corrected chi connectivity index (χ2v) is 8.16. The highest BCUT2D eigenvalue weighted by Gasteiger charge is 1.94. The van der Waals surface area contributed by atoms with Crippen LogP contribution in [0.2, 0.25) is 0 Å². The third-order valence-corrected chi connectivity index (χ3v) is 5.37.